The molecule has 3 aromatic carbocycles. The zero-order valence-electron chi connectivity index (χ0n) is 19.5. The van der Waals surface area contributed by atoms with E-state index in [0.29, 0.717) is 40.5 Å². The third kappa shape index (κ3) is 4.39. The van der Waals surface area contributed by atoms with Gasteiger partial charge in [-0.05, 0) is 41.5 Å². The van der Waals surface area contributed by atoms with E-state index in [4.69, 9.17) is 11.6 Å². The second-order valence-corrected chi connectivity index (χ2v) is 9.25. The first-order chi connectivity index (χ1) is 17.0. The fourth-order valence-corrected chi connectivity index (χ4v) is 4.99. The number of amides is 2. The Balaban J connectivity index is 1.52. The van der Waals surface area contributed by atoms with Crippen LogP contribution in [0.1, 0.15) is 5.56 Å². The summed E-state index contributed by atoms with van der Waals surface area (Å²) in [4.78, 5) is 17.9. The number of phenolic OH excluding ortho intramolecular Hbond substituents is 1. The summed E-state index contributed by atoms with van der Waals surface area (Å²) in [6.07, 6.45) is 0. The summed E-state index contributed by atoms with van der Waals surface area (Å²) in [5.74, 6) is 0.120. The van der Waals surface area contributed by atoms with Crippen LogP contribution in [0.15, 0.2) is 54.6 Å². The van der Waals surface area contributed by atoms with Gasteiger partial charge in [0, 0.05) is 63.1 Å². The Bertz CT molecular complexity index is 1330. The lowest BCUT2D eigenvalue weighted by atomic mass is 9.95. The number of nitriles is 1. The van der Waals surface area contributed by atoms with Crippen molar-refractivity contribution in [2.24, 2.45) is 0 Å². The molecular weight excluding hydrogens is 462 g/mol. The topological polar surface area (TPSA) is 82.8 Å². The number of rotatable bonds is 4. The van der Waals surface area contributed by atoms with E-state index in [1.54, 1.807) is 29.0 Å². The van der Waals surface area contributed by atoms with Crippen molar-refractivity contribution in [1.29, 1.82) is 5.26 Å². The molecule has 2 N–H and O–H groups in total. The smallest absolute Gasteiger partial charge is 0.324 e. The van der Waals surface area contributed by atoms with Crippen LogP contribution >= 0.6 is 11.6 Å². The van der Waals surface area contributed by atoms with Gasteiger partial charge in [0.25, 0.3) is 0 Å². The number of urea groups is 1. The summed E-state index contributed by atoms with van der Waals surface area (Å²) in [6, 6.07) is 18.9. The minimum atomic E-state index is -0.0813. The molecule has 2 aliphatic heterocycles. The summed E-state index contributed by atoms with van der Waals surface area (Å²) in [5.41, 5.74) is 4.98. The minimum Gasteiger partial charge on any atom is -0.507 e. The van der Waals surface area contributed by atoms with Crippen molar-refractivity contribution in [2.45, 2.75) is 0 Å². The number of halogens is 1. The van der Waals surface area contributed by atoms with E-state index < -0.39 is 0 Å². The molecule has 178 valence electrons. The van der Waals surface area contributed by atoms with Gasteiger partial charge in [-0.1, -0.05) is 35.9 Å². The molecule has 2 saturated heterocycles. The predicted octanol–water partition coefficient (Wildman–Crippen LogP) is 4.53. The Hall–Kier alpha value is -3.73. The number of benzene rings is 3. The Kier molecular flexibility index (Phi) is 6.25. The number of nitrogens with one attached hydrogen (secondary N) is 1. The first-order valence-electron chi connectivity index (χ1n) is 11.6. The molecule has 8 heteroatoms. The highest BCUT2D eigenvalue weighted by atomic mass is 35.5. The van der Waals surface area contributed by atoms with E-state index in [1.165, 1.54) is 0 Å². The van der Waals surface area contributed by atoms with Gasteiger partial charge < -0.3 is 20.2 Å². The fourth-order valence-electron chi connectivity index (χ4n) is 4.71. The first kappa shape index (κ1) is 23.0. The van der Waals surface area contributed by atoms with Crippen molar-refractivity contribution >= 4 is 29.0 Å². The van der Waals surface area contributed by atoms with Gasteiger partial charge >= 0.3 is 6.03 Å². The molecule has 0 bridgehead atoms. The number of aromatic hydroxyl groups is 1. The van der Waals surface area contributed by atoms with Crippen LogP contribution in [0.3, 0.4) is 0 Å². The van der Waals surface area contributed by atoms with Gasteiger partial charge in [0.1, 0.15) is 5.75 Å². The van der Waals surface area contributed by atoms with Crippen LogP contribution in [0.5, 0.6) is 5.75 Å². The molecule has 2 aliphatic rings. The summed E-state index contributed by atoms with van der Waals surface area (Å²) >= 11 is 6.59. The van der Waals surface area contributed by atoms with E-state index >= 15 is 0 Å². The van der Waals surface area contributed by atoms with Crippen LogP contribution in [0.2, 0.25) is 5.02 Å². The summed E-state index contributed by atoms with van der Waals surface area (Å²) in [7, 11) is 1.77. The Morgan fingerprint density at radius 1 is 0.971 bits per heavy atom. The van der Waals surface area contributed by atoms with Crippen molar-refractivity contribution in [3.05, 3.63) is 65.2 Å². The SMILES string of the molecule is CN1CCN(c2ccc(-c3cccc(-c4cc(C#N)cc(N5CCNCC5)c4)c3O)cc2Cl)C1=O. The van der Waals surface area contributed by atoms with E-state index in [9.17, 15) is 15.2 Å². The highest BCUT2D eigenvalue weighted by molar-refractivity contribution is 6.34. The maximum Gasteiger partial charge on any atom is 0.324 e. The molecule has 3 aromatic rings. The van der Waals surface area contributed by atoms with Gasteiger partial charge in [-0.3, -0.25) is 4.90 Å². The average molecular weight is 488 g/mol. The van der Waals surface area contributed by atoms with E-state index in [-0.39, 0.29) is 11.8 Å². The third-order valence-electron chi connectivity index (χ3n) is 6.64. The van der Waals surface area contributed by atoms with Crippen LogP contribution in [-0.4, -0.2) is 62.4 Å². The van der Waals surface area contributed by atoms with E-state index in [2.05, 4.69) is 16.3 Å². The monoisotopic (exact) mass is 487 g/mol. The standard InChI is InChI=1S/C27H26ClN5O2/c1-31-11-12-33(27(31)35)25-6-5-19(16-24(25)28)22-3-2-4-23(26(22)34)20-13-18(17-29)14-21(15-20)32-9-7-30-8-10-32/h2-6,13-16,30,34H,7-12H2,1H3. The largest absolute Gasteiger partial charge is 0.507 e. The second-order valence-electron chi connectivity index (χ2n) is 8.84. The minimum absolute atomic E-state index is 0.0813. The molecule has 2 heterocycles. The number of likely N-dealkylation sites (N-methyl/N-ethyl adjacent to an activating group) is 1. The van der Waals surface area contributed by atoms with Crippen molar-refractivity contribution in [1.82, 2.24) is 10.2 Å². The lowest BCUT2D eigenvalue weighted by Crippen LogP contribution is -2.43. The molecule has 2 fully saturated rings. The molecule has 7 nitrogen and oxygen atoms in total. The third-order valence-corrected chi connectivity index (χ3v) is 6.94. The van der Waals surface area contributed by atoms with Crippen LogP contribution in [0, 0.1) is 11.3 Å². The zero-order valence-corrected chi connectivity index (χ0v) is 20.2. The van der Waals surface area contributed by atoms with Crippen molar-refractivity contribution in [2.75, 3.05) is 56.1 Å². The Morgan fingerprint density at radius 2 is 1.71 bits per heavy atom. The number of hydrogen-bond donors (Lipinski definition) is 2. The quantitative estimate of drug-likeness (QED) is 0.565. The molecule has 0 unspecified atom stereocenters. The lowest BCUT2D eigenvalue weighted by molar-refractivity contribution is 0.229. The second kappa shape index (κ2) is 9.49. The van der Waals surface area contributed by atoms with E-state index in [0.717, 1.165) is 43.0 Å². The van der Waals surface area contributed by atoms with Crippen LogP contribution in [-0.2, 0) is 0 Å². The van der Waals surface area contributed by atoms with Crippen molar-refractivity contribution < 1.29 is 9.90 Å². The summed E-state index contributed by atoms with van der Waals surface area (Å²) in [5, 5.41) is 24.7. The fraction of sp³-hybridized carbons (Fsp3) is 0.259. The number of piperazine rings is 1. The molecule has 5 rings (SSSR count). The van der Waals surface area contributed by atoms with Gasteiger partial charge in [-0.15, -0.1) is 0 Å². The van der Waals surface area contributed by atoms with Gasteiger partial charge in [0.05, 0.1) is 22.3 Å². The summed E-state index contributed by atoms with van der Waals surface area (Å²) < 4.78 is 0. The first-order valence-corrected chi connectivity index (χ1v) is 12.0. The number of para-hydroxylation sites is 1. The van der Waals surface area contributed by atoms with Gasteiger partial charge in [-0.25, -0.2) is 4.79 Å². The van der Waals surface area contributed by atoms with Crippen molar-refractivity contribution in [3.63, 3.8) is 0 Å². The highest BCUT2D eigenvalue weighted by Crippen LogP contribution is 2.41. The lowest BCUT2D eigenvalue weighted by Gasteiger charge is -2.30. The Labute approximate surface area is 209 Å². The molecule has 0 saturated carbocycles. The van der Waals surface area contributed by atoms with Gasteiger partial charge in [0.2, 0.25) is 0 Å². The normalized spacial score (nSPS) is 16.0. The maximum atomic E-state index is 12.4. The predicted molar refractivity (Wildman–Crippen MR) is 139 cm³/mol. The number of phenols is 1. The maximum absolute atomic E-state index is 12.4. The summed E-state index contributed by atoms with van der Waals surface area (Å²) in [6.45, 7) is 4.74. The highest BCUT2D eigenvalue weighted by Gasteiger charge is 2.28. The number of carbonyl (C=O) groups is 1. The molecule has 35 heavy (non-hydrogen) atoms. The van der Waals surface area contributed by atoms with Gasteiger partial charge in [0.15, 0.2) is 0 Å². The van der Waals surface area contributed by atoms with Crippen molar-refractivity contribution in [3.8, 4) is 34.1 Å². The zero-order chi connectivity index (χ0) is 24.5. The van der Waals surface area contributed by atoms with Gasteiger partial charge in [-0.2, -0.15) is 5.26 Å². The Morgan fingerprint density at radius 3 is 2.37 bits per heavy atom. The molecule has 0 spiro atoms. The average Bonchev–Trinajstić information content (AvgIpc) is 3.22. The molecule has 0 radical (unpaired) electrons. The molecule has 2 amide bonds. The molecular formula is C27H26ClN5O2. The van der Waals surface area contributed by atoms with Crippen LogP contribution in [0.4, 0.5) is 16.2 Å². The molecule has 0 aliphatic carbocycles. The number of nitrogens with zero attached hydrogens (tertiary/aromatic N) is 4. The van der Waals surface area contributed by atoms with E-state index in [1.807, 2.05) is 42.5 Å². The molecule has 0 atom stereocenters. The van der Waals surface area contributed by atoms with Crippen LogP contribution < -0.4 is 15.1 Å². The number of carbonyl (C=O) groups excluding carboxylic acids is 1. The molecule has 0 aromatic heterocycles. The van der Waals surface area contributed by atoms with Crippen LogP contribution in [0.25, 0.3) is 22.3 Å². The number of anilines is 2. The number of hydrogen-bond acceptors (Lipinski definition) is 5.